The summed E-state index contributed by atoms with van der Waals surface area (Å²) in [5.41, 5.74) is -0.557. The third-order valence-corrected chi connectivity index (χ3v) is 11.3. The molecule has 9 heteroatoms. The van der Waals surface area contributed by atoms with Gasteiger partial charge in [-0.2, -0.15) is 0 Å². The molecule has 1 fully saturated rings. The van der Waals surface area contributed by atoms with E-state index in [1.807, 2.05) is 6.92 Å². The van der Waals surface area contributed by atoms with E-state index in [1.165, 1.54) is 12.1 Å². The number of aromatic nitrogens is 2. The van der Waals surface area contributed by atoms with Crippen LogP contribution in [0.3, 0.4) is 0 Å². The number of aliphatic hydroxyl groups is 1. The standard InChI is InChI=1S/C23H31F3N2O3Si/c1-20(2,3)32(5,6)31-21(4)14-22(15-21,18(29)19-27-12-7-13-28-19)16-8-10-17(11-9-16)30-23(24,25)26/h7-13,18,29H,14-15H2,1-6H3/t18-,21-,22-/m0/s1. The van der Waals surface area contributed by atoms with Crippen molar-refractivity contribution in [2.75, 3.05) is 0 Å². The molecule has 1 aliphatic rings. The summed E-state index contributed by atoms with van der Waals surface area (Å²) >= 11 is 0. The third kappa shape index (κ3) is 4.99. The Balaban J connectivity index is 1.93. The minimum Gasteiger partial charge on any atom is -0.412 e. The van der Waals surface area contributed by atoms with E-state index in [0.717, 1.165) is 0 Å². The van der Waals surface area contributed by atoms with Crippen LogP contribution in [0.4, 0.5) is 13.2 Å². The minimum atomic E-state index is -4.76. The monoisotopic (exact) mass is 468 g/mol. The molecule has 1 N–H and O–H groups in total. The predicted molar refractivity (Wildman–Crippen MR) is 118 cm³/mol. The predicted octanol–water partition coefficient (Wildman–Crippen LogP) is 5.92. The van der Waals surface area contributed by atoms with Gasteiger partial charge in [0.2, 0.25) is 0 Å². The van der Waals surface area contributed by atoms with Gasteiger partial charge in [-0.1, -0.05) is 32.9 Å². The van der Waals surface area contributed by atoms with Gasteiger partial charge in [-0.3, -0.25) is 0 Å². The number of hydrogen-bond donors (Lipinski definition) is 1. The van der Waals surface area contributed by atoms with Gasteiger partial charge in [0, 0.05) is 17.8 Å². The summed E-state index contributed by atoms with van der Waals surface area (Å²) in [5.74, 6) is -0.0287. The molecule has 1 atom stereocenters. The molecule has 0 radical (unpaired) electrons. The Morgan fingerprint density at radius 3 is 2.03 bits per heavy atom. The largest absolute Gasteiger partial charge is 0.573 e. The number of rotatable bonds is 6. The van der Waals surface area contributed by atoms with Gasteiger partial charge < -0.3 is 14.3 Å². The van der Waals surface area contributed by atoms with Gasteiger partial charge in [-0.05, 0) is 61.7 Å². The van der Waals surface area contributed by atoms with Crippen molar-refractivity contribution in [3.63, 3.8) is 0 Å². The summed E-state index contributed by atoms with van der Waals surface area (Å²) < 4.78 is 48.4. The topological polar surface area (TPSA) is 64.5 Å². The molecule has 3 rings (SSSR count). The highest BCUT2D eigenvalue weighted by molar-refractivity contribution is 6.74. The van der Waals surface area contributed by atoms with Crippen LogP contribution < -0.4 is 4.74 Å². The summed E-state index contributed by atoms with van der Waals surface area (Å²) in [5, 5.41) is 11.3. The van der Waals surface area contributed by atoms with Crippen molar-refractivity contribution in [3.05, 3.63) is 54.1 Å². The number of hydrogen-bond acceptors (Lipinski definition) is 5. The van der Waals surface area contributed by atoms with Crippen molar-refractivity contribution in [1.82, 2.24) is 9.97 Å². The lowest BCUT2D eigenvalue weighted by atomic mass is 9.54. The van der Waals surface area contributed by atoms with Crippen molar-refractivity contribution in [2.45, 2.75) is 82.2 Å². The molecule has 0 saturated heterocycles. The smallest absolute Gasteiger partial charge is 0.412 e. The lowest BCUT2D eigenvalue weighted by Gasteiger charge is -2.59. The SMILES string of the molecule is CC(C)(C)[Si](C)(C)O[C@]1(C)C[C@@](c2ccc(OC(F)(F)F)cc2)([C@@H](O)c2ncccn2)C1. The van der Waals surface area contributed by atoms with Gasteiger partial charge in [0.05, 0.1) is 5.60 Å². The van der Waals surface area contributed by atoms with Crippen LogP contribution in [-0.2, 0) is 9.84 Å². The third-order valence-electron chi connectivity index (χ3n) is 6.70. The first-order chi connectivity index (χ1) is 14.6. The van der Waals surface area contributed by atoms with Crippen LogP contribution in [0.1, 0.15) is 58.0 Å². The summed E-state index contributed by atoms with van der Waals surface area (Å²) in [6, 6.07) is 7.34. The zero-order valence-corrected chi connectivity index (χ0v) is 20.3. The first-order valence-corrected chi connectivity index (χ1v) is 13.5. The summed E-state index contributed by atoms with van der Waals surface area (Å²) in [6.07, 6.45) is -1.69. The molecule has 1 heterocycles. The fourth-order valence-corrected chi connectivity index (χ4v) is 6.05. The Morgan fingerprint density at radius 1 is 1.03 bits per heavy atom. The zero-order valence-electron chi connectivity index (χ0n) is 19.3. The maximum atomic E-state index is 12.6. The molecule has 1 aromatic heterocycles. The van der Waals surface area contributed by atoms with E-state index in [9.17, 15) is 18.3 Å². The van der Waals surface area contributed by atoms with E-state index in [-0.39, 0.29) is 16.6 Å². The summed E-state index contributed by atoms with van der Waals surface area (Å²) in [6.45, 7) is 12.9. The average molecular weight is 469 g/mol. The Labute approximate surface area is 188 Å². The van der Waals surface area contributed by atoms with Crippen LogP contribution in [0.2, 0.25) is 18.1 Å². The molecular weight excluding hydrogens is 437 g/mol. The van der Waals surface area contributed by atoms with E-state index < -0.39 is 31.8 Å². The molecule has 0 bridgehead atoms. The second-order valence-electron chi connectivity index (χ2n) is 10.4. The number of benzene rings is 1. The highest BCUT2D eigenvalue weighted by Gasteiger charge is 2.60. The molecule has 5 nitrogen and oxygen atoms in total. The fraction of sp³-hybridized carbons (Fsp3) is 0.565. The Bertz CT molecular complexity index is 922. The maximum absolute atomic E-state index is 12.6. The van der Waals surface area contributed by atoms with E-state index in [2.05, 4.69) is 48.6 Å². The molecule has 0 unspecified atom stereocenters. The number of alkyl halides is 3. The highest BCUT2D eigenvalue weighted by atomic mass is 28.4. The number of nitrogens with zero attached hydrogens (tertiary/aromatic N) is 2. The second-order valence-corrected chi connectivity index (χ2v) is 15.1. The van der Waals surface area contributed by atoms with Crippen molar-refractivity contribution in [1.29, 1.82) is 0 Å². The Morgan fingerprint density at radius 2 is 1.56 bits per heavy atom. The maximum Gasteiger partial charge on any atom is 0.573 e. The lowest BCUT2D eigenvalue weighted by molar-refractivity contribution is -0.274. The van der Waals surface area contributed by atoms with E-state index in [0.29, 0.717) is 18.4 Å². The summed E-state index contributed by atoms with van der Waals surface area (Å²) in [7, 11) is -2.08. The first kappa shape index (κ1) is 24.7. The molecule has 32 heavy (non-hydrogen) atoms. The van der Waals surface area contributed by atoms with Gasteiger partial charge in [0.15, 0.2) is 14.1 Å². The minimum absolute atomic E-state index is 0.0198. The number of halogens is 3. The van der Waals surface area contributed by atoms with Crippen molar-refractivity contribution >= 4 is 8.32 Å². The van der Waals surface area contributed by atoms with E-state index >= 15 is 0 Å². The zero-order chi connectivity index (χ0) is 24.0. The van der Waals surface area contributed by atoms with Crippen LogP contribution in [-0.4, -0.2) is 35.4 Å². The molecule has 176 valence electrons. The molecule has 0 amide bonds. The van der Waals surface area contributed by atoms with Crippen LogP contribution in [0.25, 0.3) is 0 Å². The molecule has 2 aromatic rings. The van der Waals surface area contributed by atoms with Crippen LogP contribution >= 0.6 is 0 Å². The Hall–Kier alpha value is -1.97. The van der Waals surface area contributed by atoms with Crippen LogP contribution in [0, 0.1) is 0 Å². The van der Waals surface area contributed by atoms with Crippen LogP contribution in [0.15, 0.2) is 42.7 Å². The van der Waals surface area contributed by atoms with Gasteiger partial charge in [0.1, 0.15) is 11.9 Å². The second kappa shape index (κ2) is 8.11. The first-order valence-electron chi connectivity index (χ1n) is 10.6. The van der Waals surface area contributed by atoms with E-state index in [1.54, 1.807) is 30.6 Å². The number of aliphatic hydroxyl groups excluding tert-OH is 1. The fourth-order valence-electron chi connectivity index (χ4n) is 4.37. The quantitative estimate of drug-likeness (QED) is 0.533. The normalized spacial score (nSPS) is 25.2. The molecule has 1 saturated carbocycles. The van der Waals surface area contributed by atoms with Gasteiger partial charge in [-0.25, -0.2) is 9.97 Å². The summed E-state index contributed by atoms with van der Waals surface area (Å²) in [4.78, 5) is 8.43. The van der Waals surface area contributed by atoms with Gasteiger partial charge in [0.25, 0.3) is 0 Å². The van der Waals surface area contributed by atoms with Gasteiger partial charge >= 0.3 is 6.36 Å². The molecule has 1 aromatic carbocycles. The van der Waals surface area contributed by atoms with Crippen LogP contribution in [0.5, 0.6) is 5.75 Å². The van der Waals surface area contributed by atoms with E-state index in [4.69, 9.17) is 4.43 Å². The average Bonchev–Trinajstić information content (AvgIpc) is 2.64. The Kier molecular flexibility index (Phi) is 6.25. The van der Waals surface area contributed by atoms with Crippen molar-refractivity contribution < 1.29 is 27.4 Å². The highest BCUT2D eigenvalue weighted by Crippen LogP contribution is 2.59. The molecular formula is C23H31F3N2O3Si. The van der Waals surface area contributed by atoms with Crippen molar-refractivity contribution in [2.24, 2.45) is 0 Å². The molecule has 1 aliphatic carbocycles. The number of ether oxygens (including phenoxy) is 1. The lowest BCUT2D eigenvalue weighted by Crippen LogP contribution is -2.61. The molecule has 0 aliphatic heterocycles. The molecule has 0 spiro atoms. The van der Waals surface area contributed by atoms with Crippen molar-refractivity contribution in [3.8, 4) is 5.75 Å². The van der Waals surface area contributed by atoms with Gasteiger partial charge in [-0.15, -0.1) is 13.2 Å².